The molecule has 114 valence electrons. The van der Waals surface area contributed by atoms with E-state index in [2.05, 4.69) is 0 Å². The van der Waals surface area contributed by atoms with Gasteiger partial charge in [0.1, 0.15) is 5.78 Å². The van der Waals surface area contributed by atoms with Gasteiger partial charge in [0.15, 0.2) is 11.6 Å². The first kappa shape index (κ1) is 15.6. The first-order chi connectivity index (χ1) is 9.99. The zero-order valence-corrected chi connectivity index (χ0v) is 12.1. The quantitative estimate of drug-likeness (QED) is 0.857. The molecule has 0 spiro atoms. The Balaban J connectivity index is 2.23. The van der Waals surface area contributed by atoms with Crippen LogP contribution >= 0.6 is 0 Å². The molecule has 1 unspecified atom stereocenters. The zero-order chi connectivity index (χ0) is 15.4. The van der Waals surface area contributed by atoms with Gasteiger partial charge in [-0.05, 0) is 38.0 Å². The summed E-state index contributed by atoms with van der Waals surface area (Å²) in [5, 5.41) is 0. The van der Waals surface area contributed by atoms with Crippen LogP contribution in [-0.4, -0.2) is 29.2 Å². The maximum Gasteiger partial charge on any atom is 0.254 e. The zero-order valence-electron chi connectivity index (χ0n) is 12.1. The average molecular weight is 295 g/mol. The maximum atomic E-state index is 13.3. The van der Waals surface area contributed by atoms with Gasteiger partial charge in [0.2, 0.25) is 0 Å². The highest BCUT2D eigenvalue weighted by Crippen LogP contribution is 2.22. The fourth-order valence-corrected chi connectivity index (χ4v) is 2.78. The van der Waals surface area contributed by atoms with Gasteiger partial charge in [-0.15, -0.1) is 0 Å². The molecule has 0 saturated carbocycles. The molecule has 3 nitrogen and oxygen atoms in total. The number of rotatable bonds is 3. The van der Waals surface area contributed by atoms with Crippen molar-refractivity contribution in [2.45, 2.75) is 45.1 Å². The number of likely N-dealkylation sites (tertiary alicyclic amines) is 1. The van der Waals surface area contributed by atoms with Gasteiger partial charge < -0.3 is 4.90 Å². The summed E-state index contributed by atoms with van der Waals surface area (Å²) in [6.45, 7) is 2.06. The minimum absolute atomic E-state index is 0.0324. The Hall–Kier alpha value is -1.78. The van der Waals surface area contributed by atoms with E-state index in [1.54, 1.807) is 4.90 Å². The Bertz CT molecular complexity index is 545. The maximum absolute atomic E-state index is 13.3. The molecule has 5 heteroatoms. The molecule has 1 fully saturated rings. The monoisotopic (exact) mass is 295 g/mol. The van der Waals surface area contributed by atoms with E-state index in [1.807, 2.05) is 0 Å². The van der Waals surface area contributed by atoms with E-state index in [1.165, 1.54) is 13.0 Å². The van der Waals surface area contributed by atoms with Crippen LogP contribution in [0.4, 0.5) is 8.78 Å². The third-order valence-electron chi connectivity index (χ3n) is 3.83. The van der Waals surface area contributed by atoms with Crippen molar-refractivity contribution in [3.63, 3.8) is 0 Å². The molecule has 1 heterocycles. The third-order valence-corrected chi connectivity index (χ3v) is 3.83. The van der Waals surface area contributed by atoms with Crippen molar-refractivity contribution in [1.82, 2.24) is 4.90 Å². The van der Waals surface area contributed by atoms with Crippen LogP contribution in [0.5, 0.6) is 0 Å². The first-order valence-electron chi connectivity index (χ1n) is 7.24. The van der Waals surface area contributed by atoms with E-state index in [4.69, 9.17) is 0 Å². The molecule has 1 atom stereocenters. The van der Waals surface area contributed by atoms with E-state index in [9.17, 15) is 18.4 Å². The number of Topliss-reactive ketones (excluding diaryl/α,β-unsaturated/α-hetero) is 1. The molecular weight excluding hydrogens is 276 g/mol. The summed E-state index contributed by atoms with van der Waals surface area (Å²) in [5.74, 6) is -2.30. The van der Waals surface area contributed by atoms with Gasteiger partial charge in [-0.3, -0.25) is 9.59 Å². The summed E-state index contributed by atoms with van der Waals surface area (Å²) < 4.78 is 26.3. The van der Waals surface area contributed by atoms with Gasteiger partial charge >= 0.3 is 0 Å². The van der Waals surface area contributed by atoms with E-state index < -0.39 is 11.6 Å². The fraction of sp³-hybridized carbons (Fsp3) is 0.500. The second-order valence-corrected chi connectivity index (χ2v) is 5.54. The summed E-state index contributed by atoms with van der Waals surface area (Å²) in [4.78, 5) is 25.6. The average Bonchev–Trinajstić information content (AvgIpc) is 2.66. The van der Waals surface area contributed by atoms with Crippen LogP contribution in [0.15, 0.2) is 18.2 Å². The van der Waals surface area contributed by atoms with Crippen molar-refractivity contribution in [2.75, 3.05) is 6.54 Å². The molecule has 1 amide bonds. The molecule has 2 rings (SSSR count). The first-order valence-corrected chi connectivity index (χ1v) is 7.24. The highest BCUT2D eigenvalue weighted by Gasteiger charge is 2.27. The molecule has 1 saturated heterocycles. The summed E-state index contributed by atoms with van der Waals surface area (Å²) in [7, 11) is 0. The minimum atomic E-state index is -1.03. The SMILES string of the molecule is CC(=O)CC1CCCCCN1C(=O)c1ccc(F)c(F)c1. The third kappa shape index (κ3) is 3.86. The lowest BCUT2D eigenvalue weighted by Crippen LogP contribution is -2.41. The highest BCUT2D eigenvalue weighted by atomic mass is 19.2. The van der Waals surface area contributed by atoms with Crippen molar-refractivity contribution in [3.05, 3.63) is 35.4 Å². The second-order valence-electron chi connectivity index (χ2n) is 5.54. The molecule has 0 bridgehead atoms. The number of amides is 1. The number of nitrogens with zero attached hydrogens (tertiary/aromatic N) is 1. The molecule has 1 aromatic rings. The Kier molecular flexibility index (Phi) is 5.04. The van der Waals surface area contributed by atoms with Crippen LogP contribution in [-0.2, 0) is 4.79 Å². The summed E-state index contributed by atoms with van der Waals surface area (Å²) in [6, 6.07) is 3.02. The number of carbonyl (C=O) groups is 2. The highest BCUT2D eigenvalue weighted by molar-refractivity contribution is 5.94. The molecule has 0 N–H and O–H groups in total. The van der Waals surface area contributed by atoms with Gasteiger partial charge in [0.25, 0.3) is 5.91 Å². The number of hydrogen-bond acceptors (Lipinski definition) is 2. The summed E-state index contributed by atoms with van der Waals surface area (Å²) in [5.41, 5.74) is 0.129. The Morgan fingerprint density at radius 1 is 1.19 bits per heavy atom. The normalized spacial score (nSPS) is 19.2. The number of hydrogen-bond donors (Lipinski definition) is 0. The van der Waals surface area contributed by atoms with Crippen LogP contribution in [0.2, 0.25) is 0 Å². The standard InChI is InChI=1S/C16H19F2NO2/c1-11(20)9-13-5-3-2-4-8-19(13)16(21)12-6-7-14(17)15(18)10-12/h6-7,10,13H,2-5,8-9H2,1H3. The van der Waals surface area contributed by atoms with Crippen molar-refractivity contribution in [1.29, 1.82) is 0 Å². The van der Waals surface area contributed by atoms with Gasteiger partial charge in [0.05, 0.1) is 0 Å². The Morgan fingerprint density at radius 2 is 1.95 bits per heavy atom. The predicted octanol–water partition coefficient (Wildman–Crippen LogP) is 3.33. The number of ketones is 1. The molecule has 0 aromatic heterocycles. The van der Waals surface area contributed by atoms with Gasteiger partial charge in [0, 0.05) is 24.6 Å². The molecule has 0 radical (unpaired) electrons. The number of halogens is 2. The Labute approximate surface area is 122 Å². The van der Waals surface area contributed by atoms with Gasteiger partial charge in [-0.2, -0.15) is 0 Å². The van der Waals surface area contributed by atoms with Crippen LogP contribution in [0.1, 0.15) is 49.4 Å². The van der Waals surface area contributed by atoms with Crippen molar-refractivity contribution < 1.29 is 18.4 Å². The molecule has 1 aliphatic rings. The largest absolute Gasteiger partial charge is 0.335 e. The van der Waals surface area contributed by atoms with Crippen LogP contribution in [0.3, 0.4) is 0 Å². The molecular formula is C16H19F2NO2. The van der Waals surface area contributed by atoms with E-state index in [-0.39, 0.29) is 23.3 Å². The van der Waals surface area contributed by atoms with Crippen molar-refractivity contribution in [3.8, 4) is 0 Å². The topological polar surface area (TPSA) is 37.4 Å². The van der Waals surface area contributed by atoms with Crippen molar-refractivity contribution in [2.24, 2.45) is 0 Å². The molecule has 21 heavy (non-hydrogen) atoms. The van der Waals surface area contributed by atoms with Crippen LogP contribution < -0.4 is 0 Å². The second kappa shape index (κ2) is 6.78. The lowest BCUT2D eigenvalue weighted by atomic mass is 10.0. The van der Waals surface area contributed by atoms with Crippen LogP contribution in [0, 0.1) is 11.6 Å². The van der Waals surface area contributed by atoms with Gasteiger partial charge in [-0.1, -0.05) is 12.8 Å². The van der Waals surface area contributed by atoms with Gasteiger partial charge in [-0.25, -0.2) is 8.78 Å². The van der Waals surface area contributed by atoms with E-state index in [0.717, 1.165) is 37.8 Å². The number of carbonyl (C=O) groups excluding carboxylic acids is 2. The van der Waals surface area contributed by atoms with Crippen LogP contribution in [0.25, 0.3) is 0 Å². The Morgan fingerprint density at radius 3 is 2.62 bits per heavy atom. The molecule has 1 aromatic carbocycles. The van der Waals surface area contributed by atoms with E-state index in [0.29, 0.717) is 13.0 Å². The lowest BCUT2D eigenvalue weighted by Gasteiger charge is -2.29. The summed E-state index contributed by atoms with van der Waals surface area (Å²) >= 11 is 0. The predicted molar refractivity (Wildman–Crippen MR) is 74.9 cm³/mol. The number of benzene rings is 1. The lowest BCUT2D eigenvalue weighted by molar-refractivity contribution is -0.118. The fourth-order valence-electron chi connectivity index (χ4n) is 2.78. The molecule has 0 aliphatic carbocycles. The molecule has 1 aliphatic heterocycles. The smallest absolute Gasteiger partial charge is 0.254 e. The minimum Gasteiger partial charge on any atom is -0.335 e. The van der Waals surface area contributed by atoms with Crippen molar-refractivity contribution >= 4 is 11.7 Å². The van der Waals surface area contributed by atoms with E-state index >= 15 is 0 Å². The summed E-state index contributed by atoms with van der Waals surface area (Å²) in [6.07, 6.45) is 3.93.